The van der Waals surface area contributed by atoms with Crippen LogP contribution in [0.15, 0.2) is 24.3 Å². The molecule has 2 rings (SSSR count). The molecule has 1 aromatic rings. The Morgan fingerprint density at radius 1 is 1.37 bits per heavy atom. The van der Waals surface area contributed by atoms with Crippen molar-refractivity contribution in [2.45, 2.75) is 32.1 Å². The van der Waals surface area contributed by atoms with Gasteiger partial charge in [-0.3, -0.25) is 11.3 Å². The van der Waals surface area contributed by atoms with E-state index in [1.807, 2.05) is 49.9 Å². The number of rotatable bonds is 5. The molecule has 0 spiro atoms. The van der Waals surface area contributed by atoms with Crippen molar-refractivity contribution in [3.8, 4) is 5.75 Å². The van der Waals surface area contributed by atoms with Crippen molar-refractivity contribution in [2.24, 2.45) is 5.84 Å². The van der Waals surface area contributed by atoms with E-state index in [1.165, 1.54) is 0 Å². The Kier molecular flexibility index (Phi) is 5.51. The lowest BCUT2D eigenvalue weighted by Crippen LogP contribution is -2.41. The third kappa shape index (κ3) is 4.11. The highest BCUT2D eigenvalue weighted by molar-refractivity contribution is 7.99. The second-order valence-electron chi connectivity index (χ2n) is 4.86. The summed E-state index contributed by atoms with van der Waals surface area (Å²) >= 11 is 1.91. The third-order valence-electron chi connectivity index (χ3n) is 3.00. The normalized spacial score (nSPS) is 21.4. The minimum atomic E-state index is 0.0286. The van der Waals surface area contributed by atoms with Gasteiger partial charge in [0.1, 0.15) is 5.75 Å². The Bertz CT molecular complexity index is 378. The van der Waals surface area contributed by atoms with E-state index in [2.05, 4.69) is 5.43 Å². The molecule has 1 heterocycles. The molecule has 3 N–H and O–H groups in total. The van der Waals surface area contributed by atoms with Gasteiger partial charge in [0, 0.05) is 11.5 Å². The molecule has 2 unspecified atom stereocenters. The second-order valence-corrected chi connectivity index (χ2v) is 6.01. The van der Waals surface area contributed by atoms with Crippen molar-refractivity contribution < 1.29 is 9.47 Å². The van der Waals surface area contributed by atoms with E-state index in [0.29, 0.717) is 0 Å². The van der Waals surface area contributed by atoms with Gasteiger partial charge in [-0.2, -0.15) is 11.8 Å². The molecule has 2 atom stereocenters. The van der Waals surface area contributed by atoms with Gasteiger partial charge in [-0.25, -0.2) is 0 Å². The standard InChI is InChI=1S/C14H22N2O2S/c1-10(2)18-12-5-3-11(4-6-12)14(16-15)13-9-19-8-7-17-13/h3-6,10,13-14,16H,7-9,15H2,1-2H3. The zero-order valence-corrected chi connectivity index (χ0v) is 12.3. The van der Waals surface area contributed by atoms with Gasteiger partial charge in [-0.05, 0) is 31.5 Å². The number of nitrogens with two attached hydrogens (primary N) is 1. The number of ether oxygens (including phenoxy) is 2. The van der Waals surface area contributed by atoms with Crippen molar-refractivity contribution in [1.82, 2.24) is 5.43 Å². The maximum atomic E-state index is 5.79. The number of nitrogens with one attached hydrogen (secondary N) is 1. The monoisotopic (exact) mass is 282 g/mol. The minimum absolute atomic E-state index is 0.0286. The van der Waals surface area contributed by atoms with Gasteiger partial charge >= 0.3 is 0 Å². The highest BCUT2D eigenvalue weighted by atomic mass is 32.2. The van der Waals surface area contributed by atoms with Gasteiger partial charge in [0.15, 0.2) is 0 Å². The highest BCUT2D eigenvalue weighted by Crippen LogP contribution is 2.26. The Morgan fingerprint density at radius 3 is 2.63 bits per heavy atom. The number of thioether (sulfide) groups is 1. The van der Waals surface area contributed by atoms with Crippen LogP contribution in [0.1, 0.15) is 25.5 Å². The fourth-order valence-corrected chi connectivity index (χ4v) is 3.04. The highest BCUT2D eigenvalue weighted by Gasteiger charge is 2.25. The van der Waals surface area contributed by atoms with E-state index in [0.717, 1.165) is 29.4 Å². The van der Waals surface area contributed by atoms with Gasteiger partial charge in [0.05, 0.1) is 24.9 Å². The lowest BCUT2D eigenvalue weighted by atomic mass is 10.0. The van der Waals surface area contributed by atoms with Crippen LogP contribution in [0, 0.1) is 0 Å². The minimum Gasteiger partial charge on any atom is -0.491 e. The summed E-state index contributed by atoms with van der Waals surface area (Å²) in [6.45, 7) is 4.83. The van der Waals surface area contributed by atoms with E-state index < -0.39 is 0 Å². The molecular formula is C14H22N2O2S. The Balaban J connectivity index is 2.05. The zero-order chi connectivity index (χ0) is 13.7. The lowest BCUT2D eigenvalue weighted by molar-refractivity contribution is 0.0468. The smallest absolute Gasteiger partial charge is 0.119 e. The lowest BCUT2D eigenvalue weighted by Gasteiger charge is -2.30. The average Bonchev–Trinajstić information content (AvgIpc) is 2.42. The fourth-order valence-electron chi connectivity index (χ4n) is 2.14. The quantitative estimate of drug-likeness (QED) is 0.640. The molecular weight excluding hydrogens is 260 g/mol. The Morgan fingerprint density at radius 2 is 2.11 bits per heavy atom. The molecule has 0 aliphatic carbocycles. The molecule has 1 fully saturated rings. The average molecular weight is 282 g/mol. The van der Waals surface area contributed by atoms with E-state index in [1.54, 1.807) is 0 Å². The predicted molar refractivity (Wildman–Crippen MR) is 79.3 cm³/mol. The molecule has 106 valence electrons. The van der Waals surface area contributed by atoms with Crippen molar-refractivity contribution in [1.29, 1.82) is 0 Å². The van der Waals surface area contributed by atoms with Crippen molar-refractivity contribution in [2.75, 3.05) is 18.1 Å². The van der Waals surface area contributed by atoms with E-state index in [4.69, 9.17) is 15.3 Å². The number of hydrazine groups is 1. The van der Waals surface area contributed by atoms with Gasteiger partial charge in [-0.1, -0.05) is 12.1 Å². The van der Waals surface area contributed by atoms with Gasteiger partial charge in [0.25, 0.3) is 0 Å². The number of hydrogen-bond donors (Lipinski definition) is 2. The summed E-state index contributed by atoms with van der Waals surface area (Å²) in [7, 11) is 0. The summed E-state index contributed by atoms with van der Waals surface area (Å²) in [5.41, 5.74) is 4.00. The van der Waals surface area contributed by atoms with Crippen LogP contribution in [0.5, 0.6) is 5.75 Å². The third-order valence-corrected chi connectivity index (χ3v) is 4.02. The van der Waals surface area contributed by atoms with Crippen molar-refractivity contribution in [3.63, 3.8) is 0 Å². The van der Waals surface area contributed by atoms with E-state index in [-0.39, 0.29) is 18.2 Å². The number of benzene rings is 1. The van der Waals surface area contributed by atoms with E-state index >= 15 is 0 Å². The van der Waals surface area contributed by atoms with Crippen LogP contribution in [0.4, 0.5) is 0 Å². The van der Waals surface area contributed by atoms with Crippen LogP contribution in [0.25, 0.3) is 0 Å². The molecule has 1 aromatic carbocycles. The van der Waals surface area contributed by atoms with Crippen LogP contribution < -0.4 is 16.0 Å². The van der Waals surface area contributed by atoms with Gasteiger partial charge < -0.3 is 9.47 Å². The summed E-state index contributed by atoms with van der Waals surface area (Å²) < 4.78 is 11.4. The zero-order valence-electron chi connectivity index (χ0n) is 11.5. The molecule has 19 heavy (non-hydrogen) atoms. The first-order valence-electron chi connectivity index (χ1n) is 6.63. The summed E-state index contributed by atoms with van der Waals surface area (Å²) in [6.07, 6.45) is 0.313. The summed E-state index contributed by atoms with van der Waals surface area (Å²) in [6, 6.07) is 8.09. The van der Waals surface area contributed by atoms with Crippen LogP contribution in [-0.2, 0) is 4.74 Å². The SMILES string of the molecule is CC(C)Oc1ccc(C(NN)C2CSCCO2)cc1. The molecule has 0 radical (unpaired) electrons. The second kappa shape index (κ2) is 7.14. The summed E-state index contributed by atoms with van der Waals surface area (Å²) in [4.78, 5) is 0. The van der Waals surface area contributed by atoms with Crippen molar-refractivity contribution >= 4 is 11.8 Å². The Labute approximate surface area is 119 Å². The fraction of sp³-hybridized carbons (Fsp3) is 0.571. The van der Waals surface area contributed by atoms with Crippen LogP contribution in [0.3, 0.4) is 0 Å². The molecule has 0 saturated carbocycles. The first-order valence-corrected chi connectivity index (χ1v) is 7.78. The molecule has 0 aromatic heterocycles. The molecule has 0 bridgehead atoms. The first kappa shape index (κ1) is 14.7. The summed E-state index contributed by atoms with van der Waals surface area (Å²) in [5.74, 6) is 8.60. The molecule has 0 amide bonds. The van der Waals surface area contributed by atoms with E-state index in [9.17, 15) is 0 Å². The van der Waals surface area contributed by atoms with Crippen molar-refractivity contribution in [3.05, 3.63) is 29.8 Å². The van der Waals surface area contributed by atoms with Crippen LogP contribution in [-0.4, -0.2) is 30.3 Å². The van der Waals surface area contributed by atoms with Gasteiger partial charge in [-0.15, -0.1) is 0 Å². The topological polar surface area (TPSA) is 56.5 Å². The molecule has 1 aliphatic rings. The Hall–Kier alpha value is -0.750. The molecule has 5 heteroatoms. The molecule has 4 nitrogen and oxygen atoms in total. The largest absolute Gasteiger partial charge is 0.491 e. The maximum Gasteiger partial charge on any atom is 0.119 e. The van der Waals surface area contributed by atoms with Crippen LogP contribution >= 0.6 is 11.8 Å². The summed E-state index contributed by atoms with van der Waals surface area (Å²) in [5, 5.41) is 0. The van der Waals surface area contributed by atoms with Crippen LogP contribution in [0.2, 0.25) is 0 Å². The van der Waals surface area contributed by atoms with Gasteiger partial charge in [0.2, 0.25) is 0 Å². The molecule has 1 aliphatic heterocycles. The maximum absolute atomic E-state index is 5.79. The number of hydrogen-bond acceptors (Lipinski definition) is 5. The predicted octanol–water partition coefficient (Wildman–Crippen LogP) is 2.11. The molecule has 1 saturated heterocycles. The first-order chi connectivity index (χ1) is 9.20.